The van der Waals surface area contributed by atoms with Gasteiger partial charge in [-0.25, -0.2) is 4.39 Å². The van der Waals surface area contributed by atoms with Crippen LogP contribution in [-0.4, -0.2) is 23.3 Å². The molecule has 3 rings (SSSR count). The van der Waals surface area contributed by atoms with Crippen molar-refractivity contribution in [1.29, 1.82) is 0 Å². The molecule has 0 unspecified atom stereocenters. The summed E-state index contributed by atoms with van der Waals surface area (Å²) < 4.78 is 14.0. The van der Waals surface area contributed by atoms with Gasteiger partial charge < -0.3 is 10.2 Å². The molecule has 26 heavy (non-hydrogen) atoms. The first-order valence-corrected chi connectivity index (χ1v) is 8.99. The maximum absolute atomic E-state index is 14.0. The SMILES string of the molecule is CCC(CC)C(=O)N1CC(=O)Nc2ccc(F)cc2[C@H]1c1ccccc1. The van der Waals surface area contributed by atoms with E-state index in [0.29, 0.717) is 24.1 Å². The second-order valence-corrected chi connectivity index (χ2v) is 6.57. The normalized spacial score (nSPS) is 16.8. The van der Waals surface area contributed by atoms with Gasteiger partial charge in [-0.05, 0) is 36.6 Å². The number of nitrogens with zero attached hydrogens (tertiary/aromatic N) is 1. The van der Waals surface area contributed by atoms with Crippen molar-refractivity contribution in [1.82, 2.24) is 4.90 Å². The smallest absolute Gasteiger partial charge is 0.244 e. The molecular formula is C21H23FN2O2. The number of fused-ring (bicyclic) bond motifs is 1. The number of benzene rings is 2. The lowest BCUT2D eigenvalue weighted by atomic mass is 9.93. The van der Waals surface area contributed by atoms with Gasteiger partial charge in [0, 0.05) is 17.2 Å². The maximum Gasteiger partial charge on any atom is 0.244 e. The lowest BCUT2D eigenvalue weighted by Gasteiger charge is -2.33. The van der Waals surface area contributed by atoms with Gasteiger partial charge in [0.1, 0.15) is 12.4 Å². The number of hydrogen-bond acceptors (Lipinski definition) is 2. The lowest BCUT2D eigenvalue weighted by molar-refractivity contribution is -0.140. The number of carbonyl (C=O) groups is 2. The van der Waals surface area contributed by atoms with Crippen molar-refractivity contribution in [3.63, 3.8) is 0 Å². The molecule has 0 aromatic heterocycles. The number of rotatable bonds is 4. The van der Waals surface area contributed by atoms with Gasteiger partial charge in [0.25, 0.3) is 0 Å². The van der Waals surface area contributed by atoms with Gasteiger partial charge in [0.05, 0.1) is 6.04 Å². The lowest BCUT2D eigenvalue weighted by Crippen LogP contribution is -2.42. The fourth-order valence-electron chi connectivity index (χ4n) is 3.55. The van der Waals surface area contributed by atoms with Gasteiger partial charge in [0.15, 0.2) is 0 Å². The number of halogens is 1. The highest BCUT2D eigenvalue weighted by atomic mass is 19.1. The Balaban J connectivity index is 2.17. The van der Waals surface area contributed by atoms with Crippen LogP contribution in [0.5, 0.6) is 0 Å². The Morgan fingerprint density at radius 3 is 2.54 bits per heavy atom. The summed E-state index contributed by atoms with van der Waals surface area (Å²) in [7, 11) is 0. The standard InChI is InChI=1S/C21H23FN2O2/c1-3-14(4-2)21(26)24-13-19(25)23-18-11-10-16(22)12-17(18)20(24)15-8-6-5-7-9-15/h5-12,14,20H,3-4,13H2,1-2H3,(H,23,25)/t20-/m1/s1. The molecule has 0 fully saturated rings. The van der Waals surface area contributed by atoms with Gasteiger partial charge in [0.2, 0.25) is 11.8 Å². The highest BCUT2D eigenvalue weighted by Gasteiger charge is 2.35. The van der Waals surface area contributed by atoms with E-state index in [1.165, 1.54) is 12.1 Å². The van der Waals surface area contributed by atoms with Gasteiger partial charge in [-0.3, -0.25) is 9.59 Å². The fourth-order valence-corrected chi connectivity index (χ4v) is 3.55. The summed E-state index contributed by atoms with van der Waals surface area (Å²) in [5.74, 6) is -0.897. The Morgan fingerprint density at radius 2 is 1.88 bits per heavy atom. The Bertz CT molecular complexity index is 803. The number of nitrogens with one attached hydrogen (secondary N) is 1. The zero-order valence-corrected chi connectivity index (χ0v) is 15.0. The molecule has 1 aliphatic heterocycles. The molecule has 2 aromatic rings. The van der Waals surface area contributed by atoms with Crippen LogP contribution in [0.1, 0.15) is 43.9 Å². The summed E-state index contributed by atoms with van der Waals surface area (Å²) in [6.45, 7) is 3.88. The number of anilines is 1. The third-order valence-electron chi connectivity index (χ3n) is 4.94. The molecule has 1 heterocycles. The third kappa shape index (κ3) is 3.47. The van der Waals surface area contributed by atoms with Crippen LogP contribution in [0.4, 0.5) is 10.1 Å². The van der Waals surface area contributed by atoms with Gasteiger partial charge in [-0.1, -0.05) is 44.2 Å². The van der Waals surface area contributed by atoms with Crippen LogP contribution in [-0.2, 0) is 9.59 Å². The van der Waals surface area contributed by atoms with Crippen molar-refractivity contribution in [2.45, 2.75) is 32.7 Å². The van der Waals surface area contributed by atoms with E-state index in [0.717, 1.165) is 5.56 Å². The highest BCUT2D eigenvalue weighted by Crippen LogP contribution is 2.37. The van der Waals surface area contributed by atoms with Crippen LogP contribution in [0.3, 0.4) is 0 Å². The summed E-state index contributed by atoms with van der Waals surface area (Å²) in [4.78, 5) is 27.2. The molecule has 0 saturated carbocycles. The molecule has 0 bridgehead atoms. The largest absolute Gasteiger partial charge is 0.324 e. The van der Waals surface area contributed by atoms with E-state index in [1.54, 1.807) is 11.0 Å². The van der Waals surface area contributed by atoms with Crippen LogP contribution in [0.25, 0.3) is 0 Å². The van der Waals surface area contributed by atoms with E-state index in [4.69, 9.17) is 0 Å². The Hall–Kier alpha value is -2.69. The molecule has 1 aliphatic rings. The van der Waals surface area contributed by atoms with Crippen molar-refractivity contribution in [2.75, 3.05) is 11.9 Å². The monoisotopic (exact) mass is 354 g/mol. The second kappa shape index (κ2) is 7.68. The molecule has 2 aromatic carbocycles. The van der Waals surface area contributed by atoms with Crippen LogP contribution < -0.4 is 5.32 Å². The Morgan fingerprint density at radius 1 is 1.19 bits per heavy atom. The molecule has 5 heteroatoms. The molecule has 0 spiro atoms. The van der Waals surface area contributed by atoms with Crippen molar-refractivity contribution in [3.05, 3.63) is 65.5 Å². The predicted molar refractivity (Wildman–Crippen MR) is 99.1 cm³/mol. The summed E-state index contributed by atoms with van der Waals surface area (Å²) in [5, 5.41) is 2.81. The average molecular weight is 354 g/mol. The van der Waals surface area contributed by atoms with Crippen molar-refractivity contribution in [3.8, 4) is 0 Å². The first kappa shape index (κ1) is 18.1. The van der Waals surface area contributed by atoms with E-state index in [2.05, 4.69) is 5.32 Å². The topological polar surface area (TPSA) is 49.4 Å². The Kier molecular flexibility index (Phi) is 5.35. The minimum atomic E-state index is -0.506. The van der Waals surface area contributed by atoms with Gasteiger partial charge in [-0.15, -0.1) is 0 Å². The molecule has 0 aliphatic carbocycles. The van der Waals surface area contributed by atoms with E-state index >= 15 is 0 Å². The summed E-state index contributed by atoms with van der Waals surface area (Å²) in [6, 6.07) is 13.2. The molecule has 4 nitrogen and oxygen atoms in total. The molecule has 136 valence electrons. The molecule has 1 N–H and O–H groups in total. The maximum atomic E-state index is 14.0. The molecular weight excluding hydrogens is 331 g/mol. The molecule has 0 radical (unpaired) electrons. The van der Waals surface area contributed by atoms with E-state index < -0.39 is 11.9 Å². The minimum absolute atomic E-state index is 0.0504. The van der Waals surface area contributed by atoms with E-state index in [1.807, 2.05) is 44.2 Å². The minimum Gasteiger partial charge on any atom is -0.324 e. The van der Waals surface area contributed by atoms with Crippen molar-refractivity contribution in [2.24, 2.45) is 5.92 Å². The van der Waals surface area contributed by atoms with Crippen LogP contribution in [0.15, 0.2) is 48.5 Å². The quantitative estimate of drug-likeness (QED) is 0.897. The third-order valence-corrected chi connectivity index (χ3v) is 4.94. The highest BCUT2D eigenvalue weighted by molar-refractivity contribution is 5.97. The number of carbonyl (C=O) groups excluding carboxylic acids is 2. The zero-order chi connectivity index (χ0) is 18.7. The Labute approximate surface area is 153 Å². The number of amides is 2. The van der Waals surface area contributed by atoms with E-state index in [-0.39, 0.29) is 24.3 Å². The summed E-state index contributed by atoms with van der Waals surface area (Å²) >= 11 is 0. The summed E-state index contributed by atoms with van der Waals surface area (Å²) in [5.41, 5.74) is 2.00. The number of hydrogen-bond donors (Lipinski definition) is 1. The predicted octanol–water partition coefficient (Wildman–Crippen LogP) is 4.13. The van der Waals surface area contributed by atoms with Crippen LogP contribution >= 0.6 is 0 Å². The van der Waals surface area contributed by atoms with Crippen molar-refractivity contribution < 1.29 is 14.0 Å². The fraction of sp³-hybridized carbons (Fsp3) is 0.333. The van der Waals surface area contributed by atoms with Crippen LogP contribution in [0.2, 0.25) is 0 Å². The van der Waals surface area contributed by atoms with Crippen LogP contribution in [0, 0.1) is 11.7 Å². The van der Waals surface area contributed by atoms with Gasteiger partial charge >= 0.3 is 0 Å². The first-order chi connectivity index (χ1) is 12.5. The van der Waals surface area contributed by atoms with Crippen molar-refractivity contribution >= 4 is 17.5 Å². The second-order valence-electron chi connectivity index (χ2n) is 6.57. The molecule has 1 atom stereocenters. The molecule has 2 amide bonds. The average Bonchev–Trinajstić information content (AvgIpc) is 2.79. The van der Waals surface area contributed by atoms with E-state index in [9.17, 15) is 14.0 Å². The van der Waals surface area contributed by atoms with Gasteiger partial charge in [-0.2, -0.15) is 0 Å². The first-order valence-electron chi connectivity index (χ1n) is 8.99. The summed E-state index contributed by atoms with van der Waals surface area (Å²) in [6.07, 6.45) is 1.40. The zero-order valence-electron chi connectivity index (χ0n) is 15.0. The molecule has 0 saturated heterocycles.